The average Bonchev–Trinajstić information content (AvgIpc) is 3.24. The van der Waals surface area contributed by atoms with Crippen molar-refractivity contribution in [3.8, 4) is 5.75 Å². The van der Waals surface area contributed by atoms with Gasteiger partial charge in [-0.3, -0.25) is 14.8 Å². The van der Waals surface area contributed by atoms with Crippen molar-refractivity contribution in [1.29, 1.82) is 0 Å². The maximum Gasteiger partial charge on any atom is 0.307 e. The van der Waals surface area contributed by atoms with E-state index in [0.29, 0.717) is 22.6 Å². The number of nitro groups is 1. The van der Waals surface area contributed by atoms with Crippen LogP contribution in [-0.4, -0.2) is 29.5 Å². The van der Waals surface area contributed by atoms with Gasteiger partial charge in [-0.2, -0.15) is 5.10 Å². The van der Waals surface area contributed by atoms with E-state index in [1.165, 1.54) is 28.8 Å². The normalized spacial score (nSPS) is 12.2. The molecule has 28 heavy (non-hydrogen) atoms. The smallest absolute Gasteiger partial charge is 0.307 e. The lowest BCUT2D eigenvalue weighted by Crippen LogP contribution is -2.10. The zero-order valence-corrected chi connectivity index (χ0v) is 17.4. The van der Waals surface area contributed by atoms with E-state index in [1.54, 1.807) is 0 Å². The molecule has 0 aliphatic heterocycles. The zero-order valence-electron chi connectivity index (χ0n) is 15.8. The Bertz CT molecular complexity index is 995. The van der Waals surface area contributed by atoms with Gasteiger partial charge in [-0.05, 0) is 44.0 Å². The summed E-state index contributed by atoms with van der Waals surface area (Å²) in [5, 5.41) is 24.5. The number of rotatable bonds is 7. The first-order valence-electron chi connectivity index (χ1n) is 8.38. The molecule has 11 heteroatoms. The van der Waals surface area contributed by atoms with Crippen molar-refractivity contribution in [3.63, 3.8) is 0 Å². The third-order valence-electron chi connectivity index (χ3n) is 4.11. The summed E-state index contributed by atoms with van der Waals surface area (Å²) in [5.41, 5.74) is 1.85. The number of benzene rings is 1. The molecule has 0 spiro atoms. The summed E-state index contributed by atoms with van der Waals surface area (Å²) >= 11 is 7.58. The Morgan fingerprint density at radius 2 is 2.00 bits per heavy atom. The lowest BCUT2D eigenvalue weighted by molar-refractivity contribution is -0.385. The molecule has 0 fully saturated rings. The molecular weight excluding hydrogens is 404 g/mol. The van der Waals surface area contributed by atoms with Crippen LogP contribution in [0, 0.1) is 24.0 Å². The first-order valence-corrected chi connectivity index (χ1v) is 9.75. The SMILES string of the molecule is Cc1cc(OC(C)c2nnc(SCn3cc([N+](=O)[O-])cn3)n2C)cc(C)c1Cl. The van der Waals surface area contributed by atoms with Crippen LogP contribution in [0.5, 0.6) is 5.75 Å². The van der Waals surface area contributed by atoms with Crippen molar-refractivity contribution in [2.24, 2.45) is 7.05 Å². The molecule has 0 aliphatic carbocycles. The molecule has 0 saturated heterocycles. The number of hydrogen-bond acceptors (Lipinski definition) is 7. The summed E-state index contributed by atoms with van der Waals surface area (Å²) in [6, 6.07) is 3.78. The monoisotopic (exact) mass is 422 g/mol. The molecule has 3 aromatic rings. The standard InChI is InChI=1S/C17H19ClN6O3S/c1-10-5-14(6-11(2)15(10)18)27-12(3)16-20-21-17(22(16)4)28-9-23-8-13(7-19-23)24(25)26/h5-8,12H,9H2,1-4H3. The predicted octanol–water partition coefficient (Wildman–Crippen LogP) is 4.08. The van der Waals surface area contributed by atoms with Crippen LogP contribution < -0.4 is 4.74 Å². The Labute approximate surface area is 170 Å². The highest BCUT2D eigenvalue weighted by Crippen LogP contribution is 2.29. The molecule has 1 unspecified atom stereocenters. The minimum atomic E-state index is -0.478. The number of aromatic nitrogens is 5. The van der Waals surface area contributed by atoms with Crippen molar-refractivity contribution in [2.75, 3.05) is 0 Å². The quantitative estimate of drug-likeness (QED) is 0.321. The fraction of sp³-hybridized carbons (Fsp3) is 0.353. The van der Waals surface area contributed by atoms with E-state index in [9.17, 15) is 10.1 Å². The van der Waals surface area contributed by atoms with Gasteiger partial charge in [0.25, 0.3) is 0 Å². The molecule has 148 valence electrons. The van der Waals surface area contributed by atoms with Crippen LogP contribution in [0.15, 0.2) is 29.7 Å². The van der Waals surface area contributed by atoms with Gasteiger partial charge in [-0.25, -0.2) is 0 Å². The van der Waals surface area contributed by atoms with Crippen molar-refractivity contribution in [1.82, 2.24) is 24.5 Å². The Morgan fingerprint density at radius 3 is 2.61 bits per heavy atom. The molecule has 0 amide bonds. The van der Waals surface area contributed by atoms with Crippen molar-refractivity contribution < 1.29 is 9.66 Å². The van der Waals surface area contributed by atoms with Crippen LogP contribution in [-0.2, 0) is 12.9 Å². The fourth-order valence-corrected chi connectivity index (χ4v) is 3.56. The minimum Gasteiger partial charge on any atom is -0.483 e. The van der Waals surface area contributed by atoms with E-state index in [-0.39, 0.29) is 11.8 Å². The molecular formula is C17H19ClN6O3S. The van der Waals surface area contributed by atoms with Crippen LogP contribution in [0.3, 0.4) is 0 Å². The Balaban J connectivity index is 1.68. The van der Waals surface area contributed by atoms with Gasteiger partial charge in [0.15, 0.2) is 17.1 Å². The Hall–Kier alpha value is -2.59. The molecule has 1 aromatic carbocycles. The second-order valence-corrected chi connectivity index (χ2v) is 7.59. The molecule has 2 heterocycles. The van der Waals surface area contributed by atoms with Crippen LogP contribution in [0.25, 0.3) is 0 Å². The van der Waals surface area contributed by atoms with E-state index in [0.717, 1.165) is 16.1 Å². The lowest BCUT2D eigenvalue weighted by atomic mass is 10.1. The van der Waals surface area contributed by atoms with E-state index in [4.69, 9.17) is 16.3 Å². The lowest BCUT2D eigenvalue weighted by Gasteiger charge is -2.16. The molecule has 2 aromatic heterocycles. The third kappa shape index (κ3) is 4.28. The second kappa shape index (κ2) is 8.19. The van der Waals surface area contributed by atoms with Crippen molar-refractivity contribution >= 4 is 29.1 Å². The maximum atomic E-state index is 10.7. The van der Waals surface area contributed by atoms with Gasteiger partial charge in [0.05, 0.1) is 10.8 Å². The highest BCUT2D eigenvalue weighted by Gasteiger charge is 2.18. The Kier molecular flexibility index (Phi) is 5.90. The zero-order chi connectivity index (χ0) is 20.4. The van der Waals surface area contributed by atoms with E-state index < -0.39 is 4.92 Å². The molecule has 0 N–H and O–H groups in total. The summed E-state index contributed by atoms with van der Waals surface area (Å²) in [6.07, 6.45) is 2.27. The first kappa shape index (κ1) is 20.2. The van der Waals surface area contributed by atoms with E-state index in [2.05, 4.69) is 15.3 Å². The number of halogens is 1. The third-order valence-corrected chi connectivity index (χ3v) is 5.71. The number of hydrogen-bond donors (Lipinski definition) is 0. The largest absolute Gasteiger partial charge is 0.483 e. The molecule has 0 saturated carbocycles. The highest BCUT2D eigenvalue weighted by atomic mass is 35.5. The molecule has 0 radical (unpaired) electrons. The summed E-state index contributed by atoms with van der Waals surface area (Å²) in [4.78, 5) is 10.3. The summed E-state index contributed by atoms with van der Waals surface area (Å²) in [6.45, 7) is 5.77. The van der Waals surface area contributed by atoms with Gasteiger partial charge in [0.1, 0.15) is 18.1 Å². The number of aryl methyl sites for hydroxylation is 2. The summed E-state index contributed by atoms with van der Waals surface area (Å²) in [7, 11) is 1.85. The van der Waals surface area contributed by atoms with E-state index >= 15 is 0 Å². The second-order valence-electron chi connectivity index (χ2n) is 6.30. The van der Waals surface area contributed by atoms with Gasteiger partial charge < -0.3 is 9.30 Å². The van der Waals surface area contributed by atoms with Crippen LogP contribution >= 0.6 is 23.4 Å². The van der Waals surface area contributed by atoms with Crippen molar-refractivity contribution in [2.45, 2.75) is 37.9 Å². The van der Waals surface area contributed by atoms with Crippen LogP contribution in [0.4, 0.5) is 5.69 Å². The van der Waals surface area contributed by atoms with Gasteiger partial charge in [-0.15, -0.1) is 10.2 Å². The Morgan fingerprint density at radius 1 is 1.32 bits per heavy atom. The molecule has 9 nitrogen and oxygen atoms in total. The number of ether oxygens (including phenoxy) is 1. The summed E-state index contributed by atoms with van der Waals surface area (Å²) < 4.78 is 9.34. The van der Waals surface area contributed by atoms with Gasteiger partial charge in [-0.1, -0.05) is 23.4 Å². The molecule has 3 rings (SSSR count). The maximum absolute atomic E-state index is 10.7. The number of thioether (sulfide) groups is 1. The van der Waals surface area contributed by atoms with E-state index in [1.807, 2.05) is 44.5 Å². The van der Waals surface area contributed by atoms with Crippen LogP contribution in [0.2, 0.25) is 5.02 Å². The predicted molar refractivity (Wildman–Crippen MR) is 106 cm³/mol. The fourth-order valence-electron chi connectivity index (χ4n) is 2.68. The summed E-state index contributed by atoms with van der Waals surface area (Å²) in [5.74, 6) is 1.76. The molecule has 1 atom stereocenters. The minimum absolute atomic E-state index is 0.0465. The van der Waals surface area contributed by atoms with Gasteiger partial charge in [0, 0.05) is 12.1 Å². The topological polar surface area (TPSA) is 101 Å². The van der Waals surface area contributed by atoms with Crippen molar-refractivity contribution in [3.05, 3.63) is 56.6 Å². The first-order chi connectivity index (χ1) is 13.3. The van der Waals surface area contributed by atoms with Crippen LogP contribution in [0.1, 0.15) is 30.0 Å². The highest BCUT2D eigenvalue weighted by molar-refractivity contribution is 7.98. The molecule has 0 bridgehead atoms. The van der Waals surface area contributed by atoms with Gasteiger partial charge >= 0.3 is 5.69 Å². The number of nitrogens with zero attached hydrogens (tertiary/aromatic N) is 6. The molecule has 0 aliphatic rings. The van der Waals surface area contributed by atoms with Gasteiger partial charge in [0.2, 0.25) is 0 Å². The average molecular weight is 423 g/mol.